The number of hydrogen-bond acceptors (Lipinski definition) is 9. The summed E-state index contributed by atoms with van der Waals surface area (Å²) in [5, 5.41) is 26.1. The van der Waals surface area contributed by atoms with Crippen LogP contribution in [0.25, 0.3) is 0 Å². The normalized spacial score (nSPS) is 38.4. The summed E-state index contributed by atoms with van der Waals surface area (Å²) in [6, 6.07) is 4.76. The summed E-state index contributed by atoms with van der Waals surface area (Å²) in [5.74, 6) is -2.11. The highest BCUT2D eigenvalue weighted by Crippen LogP contribution is 2.64. The number of esters is 1. The predicted octanol–water partition coefficient (Wildman–Crippen LogP) is 2.88. The first-order chi connectivity index (χ1) is 20.3. The number of aliphatic hydroxyl groups is 1. The molecule has 5 rings (SSSR count). The second-order valence-electron chi connectivity index (χ2n) is 13.1. The molecular weight excluding hydrogens is 558 g/mol. The van der Waals surface area contributed by atoms with E-state index < -0.39 is 60.8 Å². The van der Waals surface area contributed by atoms with E-state index in [0.29, 0.717) is 17.4 Å². The SMILES string of the molecule is C=C[C@]1(C)C[C@@H](OC(=O)COc2ccc3c(c2)B(O)N(C(=O)OC)N=C3)[C@@]2(C)[C@@H]3C(C[C@H]2C)C(=O)[C@@H](F)CC3[C@@H](C)[C@@H]1O. The fraction of sp³-hybridized carbons (Fsp3) is 0.613. The molecule has 2 N–H and O–H groups in total. The van der Waals surface area contributed by atoms with E-state index in [4.69, 9.17) is 9.47 Å². The standard InChI is InChI=1S/C31H40BFN2O8/c1-7-30(4)13-24(31(5)16(2)10-21-26(31)20(17(3)28(30)38)12-23(33)27(21)37)43-25(36)15-42-19-9-8-18-14-34-35(29(39)41-6)32(40)22(18)11-19/h7-9,11,14,16-17,20-21,23-24,26,28,38,40H,1,10,12-13,15H2,2-6H3/t16-,17-,20?,21?,23+,24-,26+,28+,30-,31+/m1/s1. The topological polar surface area (TPSA) is 135 Å². The lowest BCUT2D eigenvalue weighted by molar-refractivity contribution is -0.182. The number of fused-ring (bicyclic) bond motifs is 1. The highest BCUT2D eigenvalue weighted by Gasteiger charge is 2.65. The number of Topliss-reactive ketones (excluding diaryl/α,β-unsaturated/α-hetero) is 1. The molecule has 3 saturated carbocycles. The number of amides is 1. The van der Waals surface area contributed by atoms with Crippen molar-refractivity contribution in [3.8, 4) is 5.75 Å². The number of ketones is 1. The molecule has 0 spiro atoms. The second-order valence-corrected chi connectivity index (χ2v) is 13.1. The summed E-state index contributed by atoms with van der Waals surface area (Å²) in [6.07, 6.45) is -0.0565. The maximum absolute atomic E-state index is 15.0. The van der Waals surface area contributed by atoms with Crippen LogP contribution in [0.2, 0.25) is 0 Å². The summed E-state index contributed by atoms with van der Waals surface area (Å²) in [5.41, 5.74) is -0.565. The van der Waals surface area contributed by atoms with E-state index in [0.717, 1.165) is 4.92 Å². The van der Waals surface area contributed by atoms with Crippen molar-refractivity contribution >= 4 is 36.6 Å². The highest BCUT2D eigenvalue weighted by molar-refractivity contribution is 6.67. The Balaban J connectivity index is 1.39. The third-order valence-corrected chi connectivity index (χ3v) is 11.0. The number of methoxy groups -OCH3 is 1. The highest BCUT2D eigenvalue weighted by atomic mass is 19.1. The third-order valence-electron chi connectivity index (χ3n) is 11.0. The van der Waals surface area contributed by atoms with Gasteiger partial charge in [0.25, 0.3) is 0 Å². The first-order valence-electron chi connectivity index (χ1n) is 14.8. The molecule has 3 aliphatic carbocycles. The van der Waals surface area contributed by atoms with E-state index >= 15 is 4.39 Å². The molecule has 1 aromatic carbocycles. The van der Waals surface area contributed by atoms with Gasteiger partial charge in [0, 0.05) is 16.7 Å². The van der Waals surface area contributed by atoms with Crippen LogP contribution in [0.15, 0.2) is 36.0 Å². The first-order valence-corrected chi connectivity index (χ1v) is 14.8. The van der Waals surface area contributed by atoms with Crippen molar-refractivity contribution in [2.75, 3.05) is 13.7 Å². The number of hydrogen-bond donors (Lipinski definition) is 2. The summed E-state index contributed by atoms with van der Waals surface area (Å²) in [4.78, 5) is 39.1. The zero-order valence-corrected chi connectivity index (χ0v) is 25.2. The number of halogens is 1. The Morgan fingerprint density at radius 3 is 2.67 bits per heavy atom. The molecule has 12 heteroatoms. The second kappa shape index (κ2) is 11.4. The van der Waals surface area contributed by atoms with Gasteiger partial charge in [-0.1, -0.05) is 39.8 Å². The van der Waals surface area contributed by atoms with Crippen LogP contribution in [0.4, 0.5) is 9.18 Å². The zero-order chi connectivity index (χ0) is 31.4. The largest absolute Gasteiger partial charge is 0.482 e. The number of rotatable bonds is 5. The van der Waals surface area contributed by atoms with Crippen molar-refractivity contribution in [1.82, 2.24) is 4.92 Å². The van der Waals surface area contributed by atoms with Crippen molar-refractivity contribution in [3.05, 3.63) is 36.4 Å². The Morgan fingerprint density at radius 2 is 2.00 bits per heavy atom. The third kappa shape index (κ3) is 5.06. The molecule has 0 aromatic heterocycles. The lowest BCUT2D eigenvalue weighted by atomic mass is 9.52. The number of carbonyl (C=O) groups excluding carboxylic acids is 3. The minimum absolute atomic E-state index is 0.0415. The molecule has 10 atom stereocenters. The summed E-state index contributed by atoms with van der Waals surface area (Å²) in [7, 11) is -0.230. The molecule has 0 bridgehead atoms. The van der Waals surface area contributed by atoms with Gasteiger partial charge < -0.3 is 24.3 Å². The molecule has 232 valence electrons. The van der Waals surface area contributed by atoms with E-state index in [9.17, 15) is 24.5 Å². The molecule has 43 heavy (non-hydrogen) atoms. The molecule has 0 saturated heterocycles. The van der Waals surface area contributed by atoms with Crippen LogP contribution in [0.3, 0.4) is 0 Å². The fourth-order valence-corrected chi connectivity index (χ4v) is 8.23. The maximum Gasteiger partial charge on any atom is 0.478 e. The molecule has 3 fully saturated rings. The van der Waals surface area contributed by atoms with E-state index in [-0.39, 0.29) is 48.0 Å². The molecule has 1 aliphatic heterocycles. The van der Waals surface area contributed by atoms with E-state index in [1.807, 2.05) is 27.7 Å². The Hall–Kier alpha value is -3.25. The van der Waals surface area contributed by atoms with Crippen molar-refractivity contribution in [1.29, 1.82) is 0 Å². The average Bonchev–Trinajstić information content (AvgIpc) is 3.27. The van der Waals surface area contributed by atoms with E-state index in [2.05, 4.69) is 16.4 Å². The van der Waals surface area contributed by atoms with Crippen molar-refractivity contribution in [2.24, 2.45) is 45.5 Å². The Labute approximate surface area is 251 Å². The van der Waals surface area contributed by atoms with Crippen molar-refractivity contribution in [2.45, 2.75) is 65.3 Å². The molecule has 0 radical (unpaired) electrons. The number of benzene rings is 1. The van der Waals surface area contributed by atoms with Gasteiger partial charge in [0.05, 0.1) is 19.4 Å². The number of nitrogens with zero attached hydrogens (tertiary/aromatic N) is 2. The summed E-state index contributed by atoms with van der Waals surface area (Å²) < 4.78 is 31.6. The number of hydrazone groups is 1. The fourth-order valence-electron chi connectivity index (χ4n) is 8.23. The minimum Gasteiger partial charge on any atom is -0.482 e. The first kappa shape index (κ1) is 31.2. The van der Waals surface area contributed by atoms with Gasteiger partial charge in [-0.15, -0.1) is 6.58 Å². The van der Waals surface area contributed by atoms with Gasteiger partial charge in [-0.25, -0.2) is 18.9 Å². The minimum atomic E-state index is -1.57. The van der Waals surface area contributed by atoms with Gasteiger partial charge in [0.1, 0.15) is 11.9 Å². The summed E-state index contributed by atoms with van der Waals surface area (Å²) >= 11 is 0. The van der Waals surface area contributed by atoms with Crippen molar-refractivity contribution in [3.63, 3.8) is 0 Å². The van der Waals surface area contributed by atoms with Crippen LogP contribution in [-0.4, -0.2) is 78.3 Å². The number of carbonyl (C=O) groups is 3. The number of aliphatic hydroxyl groups excluding tert-OH is 1. The van der Waals surface area contributed by atoms with Gasteiger partial charge in [-0.3, -0.25) is 4.79 Å². The smallest absolute Gasteiger partial charge is 0.478 e. The van der Waals surface area contributed by atoms with Crippen LogP contribution < -0.4 is 10.2 Å². The van der Waals surface area contributed by atoms with Gasteiger partial charge in [0.15, 0.2) is 18.6 Å². The van der Waals surface area contributed by atoms with Gasteiger partial charge in [-0.05, 0) is 66.1 Å². The van der Waals surface area contributed by atoms with Gasteiger partial charge in [0.2, 0.25) is 0 Å². The quantitative estimate of drug-likeness (QED) is 0.300. The maximum atomic E-state index is 15.0. The van der Waals surface area contributed by atoms with Crippen molar-refractivity contribution < 1.29 is 43.1 Å². The number of alkyl halides is 1. The van der Waals surface area contributed by atoms with Gasteiger partial charge >= 0.3 is 19.1 Å². The Kier molecular flexibility index (Phi) is 8.23. The Bertz CT molecular complexity index is 1340. The van der Waals surface area contributed by atoms with E-state index in [1.54, 1.807) is 18.2 Å². The lowest BCUT2D eigenvalue weighted by Crippen LogP contribution is -2.58. The zero-order valence-electron chi connectivity index (χ0n) is 25.2. The van der Waals surface area contributed by atoms with Crippen LogP contribution in [0.1, 0.15) is 52.5 Å². The molecule has 4 aliphatic rings. The monoisotopic (exact) mass is 598 g/mol. The molecule has 1 aromatic rings. The number of ether oxygens (including phenoxy) is 3. The van der Waals surface area contributed by atoms with Crippen LogP contribution in [0.5, 0.6) is 5.75 Å². The molecule has 10 nitrogen and oxygen atoms in total. The van der Waals surface area contributed by atoms with E-state index in [1.165, 1.54) is 19.4 Å². The summed E-state index contributed by atoms with van der Waals surface area (Å²) in [6.45, 7) is 11.4. The molecule has 1 heterocycles. The Morgan fingerprint density at radius 1 is 1.28 bits per heavy atom. The van der Waals surface area contributed by atoms with Crippen LogP contribution >= 0.6 is 0 Å². The molecular formula is C31H40BFN2O8. The lowest BCUT2D eigenvalue weighted by Gasteiger charge is -2.55. The van der Waals surface area contributed by atoms with Crippen LogP contribution in [0, 0.1) is 40.4 Å². The van der Waals surface area contributed by atoms with Gasteiger partial charge in [-0.2, -0.15) is 5.10 Å². The molecule has 1 amide bonds. The predicted molar refractivity (Wildman–Crippen MR) is 156 cm³/mol. The van der Waals surface area contributed by atoms with Crippen LogP contribution in [-0.2, 0) is 19.1 Å². The molecule has 2 unspecified atom stereocenters. The average molecular weight is 598 g/mol.